The highest BCUT2D eigenvalue weighted by atomic mass is 19.1. The van der Waals surface area contributed by atoms with Crippen LogP contribution in [0.1, 0.15) is 24.3 Å². The van der Waals surface area contributed by atoms with E-state index in [1.165, 1.54) is 26.2 Å². The van der Waals surface area contributed by atoms with Crippen molar-refractivity contribution in [3.05, 3.63) is 50.4 Å². The van der Waals surface area contributed by atoms with Gasteiger partial charge in [0.2, 0.25) is 5.75 Å². The Morgan fingerprint density at radius 2 is 2.00 bits per heavy atom. The minimum Gasteiger partial charge on any atom is -0.399 e. The van der Waals surface area contributed by atoms with Crippen molar-refractivity contribution in [3.8, 4) is 5.75 Å². The topological polar surface area (TPSA) is 124 Å². The van der Waals surface area contributed by atoms with Crippen molar-refractivity contribution in [3.63, 3.8) is 0 Å². The van der Waals surface area contributed by atoms with Crippen LogP contribution in [-0.2, 0) is 18.9 Å². The largest absolute Gasteiger partial charge is 0.437 e. The Morgan fingerprint density at radius 1 is 1.28 bits per heavy atom. The molecular formula is C18H21FN4O6. The second kappa shape index (κ2) is 8.45. The lowest BCUT2D eigenvalue weighted by atomic mass is 10.1. The average molecular weight is 408 g/mol. The number of ether oxygens (including phenoxy) is 1. The monoisotopic (exact) mass is 408 g/mol. The molecule has 10 nitrogen and oxygen atoms in total. The molecule has 3 N–H and O–H groups in total. The molecule has 0 spiro atoms. The molecule has 0 aliphatic heterocycles. The fourth-order valence-corrected chi connectivity index (χ4v) is 2.75. The number of hydrogen-bond acceptors (Lipinski definition) is 7. The number of halogens is 1. The number of carbonyl (C=O) groups is 1. The number of carbonyl (C=O) groups excluding carboxylic acids is 1. The van der Waals surface area contributed by atoms with Gasteiger partial charge in [-0.05, 0) is 36.5 Å². The van der Waals surface area contributed by atoms with Gasteiger partial charge < -0.3 is 15.2 Å². The van der Waals surface area contributed by atoms with Crippen molar-refractivity contribution >= 4 is 17.6 Å². The van der Waals surface area contributed by atoms with E-state index in [2.05, 4.69) is 10.2 Å². The number of aliphatic hydroxyl groups excluding tert-OH is 1. The maximum atomic E-state index is 14.5. The molecule has 0 unspecified atom stereocenters. The highest BCUT2D eigenvalue weighted by Crippen LogP contribution is 2.41. The lowest BCUT2D eigenvalue weighted by Crippen LogP contribution is -2.40. The van der Waals surface area contributed by atoms with Gasteiger partial charge >= 0.3 is 17.3 Å². The van der Waals surface area contributed by atoms with E-state index in [-0.39, 0.29) is 24.7 Å². The molecule has 1 aliphatic rings. The number of nitrogens with one attached hydrogen (secondary N) is 2. The maximum absolute atomic E-state index is 14.5. The minimum absolute atomic E-state index is 0.0134. The minimum atomic E-state index is -1.15. The highest BCUT2D eigenvalue weighted by molar-refractivity contribution is 5.73. The van der Waals surface area contributed by atoms with E-state index in [0.29, 0.717) is 5.92 Å². The van der Waals surface area contributed by atoms with Crippen LogP contribution in [0, 0.1) is 5.82 Å². The van der Waals surface area contributed by atoms with Gasteiger partial charge in [0, 0.05) is 14.1 Å². The number of nitrogens with zero attached hydrogens (tertiary/aromatic N) is 2. The number of aliphatic hydroxyl groups is 1. The Morgan fingerprint density at radius 3 is 2.62 bits per heavy atom. The lowest BCUT2D eigenvalue weighted by molar-refractivity contribution is 0.0244. The van der Waals surface area contributed by atoms with Gasteiger partial charge in [0.05, 0.1) is 18.9 Å². The lowest BCUT2D eigenvalue weighted by Gasteiger charge is -2.17. The van der Waals surface area contributed by atoms with Crippen LogP contribution in [0.25, 0.3) is 0 Å². The fourth-order valence-electron chi connectivity index (χ4n) is 2.75. The first-order valence-corrected chi connectivity index (χ1v) is 8.90. The van der Waals surface area contributed by atoms with Gasteiger partial charge in [-0.2, -0.15) is 5.48 Å². The van der Waals surface area contributed by atoms with Crippen molar-refractivity contribution in [1.29, 1.82) is 0 Å². The Hall–Kier alpha value is -3.18. The third kappa shape index (κ3) is 4.46. The number of anilines is 2. The molecule has 1 saturated carbocycles. The molecule has 0 saturated heterocycles. The zero-order chi connectivity index (χ0) is 21.1. The summed E-state index contributed by atoms with van der Waals surface area (Å²) in [6, 6.07) is 4.66. The third-order valence-electron chi connectivity index (χ3n) is 4.46. The normalized spacial score (nSPS) is 13.2. The Bertz CT molecular complexity index is 1040. The molecule has 29 heavy (non-hydrogen) atoms. The predicted molar refractivity (Wildman–Crippen MR) is 101 cm³/mol. The fraction of sp³-hybridized carbons (Fsp3) is 0.389. The molecule has 1 heterocycles. The average Bonchev–Trinajstić information content (AvgIpc) is 3.54. The zero-order valence-electron chi connectivity index (χ0n) is 15.9. The summed E-state index contributed by atoms with van der Waals surface area (Å²) in [6.07, 6.45) is 0.878. The molecule has 2 aromatic rings. The van der Waals surface area contributed by atoms with Crippen LogP contribution in [-0.4, -0.2) is 33.5 Å². The van der Waals surface area contributed by atoms with Crippen LogP contribution >= 0.6 is 0 Å². The van der Waals surface area contributed by atoms with E-state index in [0.717, 1.165) is 27.5 Å². The van der Waals surface area contributed by atoms with E-state index in [4.69, 9.17) is 9.84 Å². The first-order chi connectivity index (χ1) is 13.8. The second-order valence-corrected chi connectivity index (χ2v) is 6.59. The van der Waals surface area contributed by atoms with Gasteiger partial charge in [0.1, 0.15) is 5.82 Å². The van der Waals surface area contributed by atoms with Gasteiger partial charge in [0.15, 0.2) is 5.82 Å². The van der Waals surface area contributed by atoms with E-state index >= 15 is 0 Å². The number of amides is 1. The summed E-state index contributed by atoms with van der Waals surface area (Å²) in [6.45, 7) is -0.533. The van der Waals surface area contributed by atoms with E-state index < -0.39 is 28.9 Å². The summed E-state index contributed by atoms with van der Waals surface area (Å²) < 4.78 is 21.3. The summed E-state index contributed by atoms with van der Waals surface area (Å²) in [7, 11) is 2.56. The number of rotatable bonds is 7. The van der Waals surface area contributed by atoms with Crippen LogP contribution in [0.4, 0.5) is 20.7 Å². The number of hydrogen-bond donors (Lipinski definition) is 3. The van der Waals surface area contributed by atoms with Crippen LogP contribution in [0.5, 0.6) is 5.75 Å². The number of hydroxylamine groups is 1. The standard InChI is InChI=1S/C18H21FN4O6/c1-22-15(20-13-6-5-11(9-12(13)19)10-3-4-10)14(16(25)23(2)18(22)27)29-17(26)21-28-8-7-24/h5-6,9-10,20,24H,3-4,7-8H2,1-2H3,(H,21,26). The summed E-state index contributed by atoms with van der Waals surface area (Å²) in [5, 5.41) is 11.3. The van der Waals surface area contributed by atoms with Crippen molar-refractivity contribution < 1.29 is 23.9 Å². The van der Waals surface area contributed by atoms with Crippen molar-refractivity contribution in [2.24, 2.45) is 14.1 Å². The molecule has 156 valence electrons. The summed E-state index contributed by atoms with van der Waals surface area (Å²) in [4.78, 5) is 41.2. The summed E-state index contributed by atoms with van der Waals surface area (Å²) in [5.74, 6) is -0.934. The third-order valence-corrected chi connectivity index (χ3v) is 4.46. The first-order valence-electron chi connectivity index (χ1n) is 8.90. The van der Waals surface area contributed by atoms with Crippen LogP contribution in [0.2, 0.25) is 0 Å². The summed E-state index contributed by atoms with van der Waals surface area (Å²) in [5.41, 5.74) is 1.18. The van der Waals surface area contributed by atoms with E-state index in [1.54, 1.807) is 6.07 Å². The molecule has 0 radical (unpaired) electrons. The highest BCUT2D eigenvalue weighted by Gasteiger charge is 2.25. The summed E-state index contributed by atoms with van der Waals surface area (Å²) >= 11 is 0. The molecule has 1 aliphatic carbocycles. The predicted octanol–water partition coefficient (Wildman–Crippen LogP) is 0.856. The van der Waals surface area contributed by atoms with Gasteiger partial charge in [0.25, 0.3) is 0 Å². The molecule has 1 aromatic heterocycles. The molecule has 1 amide bonds. The Labute approximate surface area is 164 Å². The SMILES string of the molecule is Cn1c(Nc2ccc(C3CC3)cc2F)c(OC(=O)NOCCO)c(=O)n(C)c1=O. The number of aromatic nitrogens is 2. The molecule has 0 bridgehead atoms. The van der Waals surface area contributed by atoms with Crippen LogP contribution in [0.15, 0.2) is 27.8 Å². The van der Waals surface area contributed by atoms with Crippen molar-refractivity contribution in [2.75, 3.05) is 18.5 Å². The molecule has 0 atom stereocenters. The molecule has 3 rings (SSSR count). The maximum Gasteiger partial charge on any atom is 0.437 e. The zero-order valence-corrected chi connectivity index (χ0v) is 15.9. The van der Waals surface area contributed by atoms with Crippen LogP contribution < -0.4 is 26.8 Å². The molecule has 1 fully saturated rings. The molecule has 1 aromatic carbocycles. The second-order valence-electron chi connectivity index (χ2n) is 6.59. The quantitative estimate of drug-likeness (QED) is 0.458. The Kier molecular flexibility index (Phi) is 5.99. The molecule has 11 heteroatoms. The van der Waals surface area contributed by atoms with Gasteiger partial charge in [-0.1, -0.05) is 6.07 Å². The van der Waals surface area contributed by atoms with E-state index in [1.807, 2.05) is 5.48 Å². The van der Waals surface area contributed by atoms with E-state index in [9.17, 15) is 18.8 Å². The van der Waals surface area contributed by atoms with Crippen LogP contribution in [0.3, 0.4) is 0 Å². The Balaban J connectivity index is 1.95. The molecular weight excluding hydrogens is 387 g/mol. The van der Waals surface area contributed by atoms with Crippen molar-refractivity contribution in [1.82, 2.24) is 14.6 Å². The van der Waals surface area contributed by atoms with Gasteiger partial charge in [-0.15, -0.1) is 0 Å². The number of benzene rings is 1. The smallest absolute Gasteiger partial charge is 0.399 e. The van der Waals surface area contributed by atoms with Crippen molar-refractivity contribution in [2.45, 2.75) is 18.8 Å². The first kappa shape index (κ1) is 20.6. The van der Waals surface area contributed by atoms with Gasteiger partial charge in [-0.3, -0.25) is 18.8 Å². The van der Waals surface area contributed by atoms with Gasteiger partial charge in [-0.25, -0.2) is 14.0 Å².